The fraction of sp³-hybridized carbons (Fsp3) is 0.737. The number of aromatic amines is 1. The van der Waals surface area contributed by atoms with Crippen molar-refractivity contribution >= 4 is 24.1 Å². The maximum absolute atomic E-state index is 14.1. The first-order chi connectivity index (χ1) is 15.5. The number of rotatable bonds is 10. The van der Waals surface area contributed by atoms with E-state index in [1.54, 1.807) is 0 Å². The van der Waals surface area contributed by atoms with Gasteiger partial charge in [0.15, 0.2) is 0 Å². The molecule has 14 heteroatoms. The van der Waals surface area contributed by atoms with E-state index in [1.807, 2.05) is 0 Å². The van der Waals surface area contributed by atoms with Crippen LogP contribution in [0.15, 0.2) is 15.8 Å². The van der Waals surface area contributed by atoms with Crippen molar-refractivity contribution in [3.05, 3.63) is 32.6 Å². The topological polar surface area (TPSA) is 143 Å². The molecule has 1 aromatic rings. The number of amides is 1. The lowest BCUT2D eigenvalue weighted by Crippen LogP contribution is -2.33. The molecular weight excluding hydrogens is 478 g/mol. The summed E-state index contributed by atoms with van der Waals surface area (Å²) in [5, 5.41) is 2.29. The predicted molar refractivity (Wildman–Crippen MR) is 125 cm³/mol. The lowest BCUT2D eigenvalue weighted by atomic mass is 10.2. The van der Waals surface area contributed by atoms with Crippen LogP contribution in [0.2, 0.25) is 0 Å². The minimum atomic E-state index is -4.16. The SMILES string of the molecule is CCN(CC)CC.CNC(=O)CSP(=O)(O)OC[C@H]1O[C@@H](n2cc(C)c(=O)[nH]c2=O)C[C@@H]1F. The number of hydrogen-bond donors (Lipinski definition) is 3. The van der Waals surface area contributed by atoms with E-state index < -0.39 is 49.1 Å². The highest BCUT2D eigenvalue weighted by molar-refractivity contribution is 8.55. The van der Waals surface area contributed by atoms with Crippen molar-refractivity contribution in [2.24, 2.45) is 0 Å². The van der Waals surface area contributed by atoms with Crippen LogP contribution in [-0.2, 0) is 18.6 Å². The Bertz CT molecular complexity index is 919. The van der Waals surface area contributed by atoms with Gasteiger partial charge in [-0.3, -0.25) is 23.7 Å². The smallest absolute Gasteiger partial charge is 0.358 e. The van der Waals surface area contributed by atoms with Crippen molar-refractivity contribution in [3.8, 4) is 0 Å². The number of carbonyl (C=O) groups excluding carboxylic acids is 1. The number of nitrogens with one attached hydrogen (secondary N) is 2. The van der Waals surface area contributed by atoms with Gasteiger partial charge in [-0.15, -0.1) is 0 Å². The monoisotopic (exact) mass is 512 g/mol. The zero-order valence-corrected chi connectivity index (χ0v) is 21.3. The van der Waals surface area contributed by atoms with Gasteiger partial charge < -0.3 is 19.8 Å². The van der Waals surface area contributed by atoms with E-state index in [0.29, 0.717) is 11.4 Å². The van der Waals surface area contributed by atoms with Gasteiger partial charge in [-0.25, -0.2) is 13.8 Å². The highest BCUT2D eigenvalue weighted by atomic mass is 32.7. The predicted octanol–water partition coefficient (Wildman–Crippen LogP) is 1.41. The average molecular weight is 513 g/mol. The van der Waals surface area contributed by atoms with Crippen LogP contribution in [0, 0.1) is 6.92 Å². The molecule has 1 aromatic heterocycles. The maximum atomic E-state index is 14.1. The third kappa shape index (κ3) is 9.71. The lowest BCUT2D eigenvalue weighted by molar-refractivity contribution is -0.118. The molecule has 0 aromatic carbocycles. The highest BCUT2D eigenvalue weighted by Gasteiger charge is 2.38. The molecule has 2 rings (SSSR count). The van der Waals surface area contributed by atoms with Crippen molar-refractivity contribution in [2.45, 2.75) is 52.6 Å². The quantitative estimate of drug-likeness (QED) is 0.397. The molecule has 2 heterocycles. The number of hydrogen-bond acceptors (Lipinski definition) is 8. The van der Waals surface area contributed by atoms with Gasteiger partial charge in [0.25, 0.3) is 5.56 Å². The summed E-state index contributed by atoms with van der Waals surface area (Å²) >= 11 is 0.403. The molecule has 1 amide bonds. The van der Waals surface area contributed by atoms with E-state index >= 15 is 0 Å². The van der Waals surface area contributed by atoms with E-state index in [0.717, 1.165) is 4.57 Å². The number of ether oxygens (including phenoxy) is 1. The summed E-state index contributed by atoms with van der Waals surface area (Å²) in [7, 11) is 1.38. The van der Waals surface area contributed by atoms with Crippen molar-refractivity contribution in [2.75, 3.05) is 39.0 Å². The van der Waals surface area contributed by atoms with Gasteiger partial charge in [0.2, 0.25) is 5.91 Å². The average Bonchev–Trinajstić information content (AvgIpc) is 3.15. The number of alkyl halides is 1. The Balaban J connectivity index is 0.000000675. The second-order valence-corrected chi connectivity index (χ2v) is 11.1. The Morgan fingerprint density at radius 1 is 1.39 bits per heavy atom. The summed E-state index contributed by atoms with van der Waals surface area (Å²) in [6, 6.07) is 0. The molecule has 4 atom stereocenters. The van der Waals surface area contributed by atoms with Crippen LogP contribution in [0.25, 0.3) is 0 Å². The normalized spacial score (nSPS) is 21.9. The van der Waals surface area contributed by atoms with Crippen LogP contribution in [-0.4, -0.2) is 76.6 Å². The third-order valence-electron chi connectivity index (χ3n) is 5.00. The van der Waals surface area contributed by atoms with E-state index in [9.17, 15) is 28.2 Å². The summed E-state index contributed by atoms with van der Waals surface area (Å²) in [6.45, 7) is 6.93. The fourth-order valence-corrected chi connectivity index (χ4v) is 4.98. The molecule has 0 spiro atoms. The van der Waals surface area contributed by atoms with Crippen LogP contribution in [0.4, 0.5) is 4.39 Å². The molecule has 1 fully saturated rings. The molecule has 1 aliphatic heterocycles. The second kappa shape index (κ2) is 14.0. The first-order valence-corrected chi connectivity index (χ1v) is 13.8. The zero-order valence-electron chi connectivity index (χ0n) is 19.6. The highest BCUT2D eigenvalue weighted by Crippen LogP contribution is 2.55. The van der Waals surface area contributed by atoms with Gasteiger partial charge >= 0.3 is 12.5 Å². The molecule has 33 heavy (non-hydrogen) atoms. The van der Waals surface area contributed by atoms with E-state index in [-0.39, 0.29) is 17.7 Å². The number of nitrogens with zero attached hydrogens (tertiary/aromatic N) is 2. The number of halogens is 1. The Kier molecular flexibility index (Phi) is 12.6. The minimum Gasteiger partial charge on any atom is -0.358 e. The van der Waals surface area contributed by atoms with Gasteiger partial charge in [-0.1, -0.05) is 20.8 Å². The summed E-state index contributed by atoms with van der Waals surface area (Å²) in [4.78, 5) is 48.4. The van der Waals surface area contributed by atoms with Crippen molar-refractivity contribution in [1.82, 2.24) is 19.8 Å². The molecule has 0 aliphatic carbocycles. The maximum Gasteiger partial charge on any atom is 0.387 e. The van der Waals surface area contributed by atoms with Crippen molar-refractivity contribution in [3.63, 3.8) is 0 Å². The molecule has 190 valence electrons. The number of H-pyrrole nitrogens is 1. The zero-order chi connectivity index (χ0) is 25.2. The van der Waals surface area contributed by atoms with Crippen LogP contribution in [0.5, 0.6) is 0 Å². The first kappa shape index (κ1) is 29.5. The van der Waals surface area contributed by atoms with Crippen LogP contribution >= 0.6 is 18.2 Å². The molecule has 0 radical (unpaired) electrons. The first-order valence-electron chi connectivity index (χ1n) is 10.6. The Labute approximate surface area is 196 Å². The fourth-order valence-electron chi connectivity index (χ4n) is 2.90. The minimum absolute atomic E-state index is 0.180. The molecule has 1 saturated heterocycles. The Hall–Kier alpha value is -1.50. The Morgan fingerprint density at radius 2 is 2.00 bits per heavy atom. The van der Waals surface area contributed by atoms with E-state index in [1.165, 1.54) is 39.8 Å². The van der Waals surface area contributed by atoms with E-state index in [4.69, 9.17) is 9.26 Å². The molecule has 0 bridgehead atoms. The molecule has 0 saturated carbocycles. The standard InChI is InChI=1S/C13H19FN3O7PS.C6H15N/c1-7-4-17(13(20)16-12(7)19)11-3-8(14)9(24-11)5-23-25(21,22)26-6-10(18)15-2;1-4-7(5-2)6-3/h4,8-9,11H,3,5-6H2,1-2H3,(H,15,18)(H,21,22)(H,16,19,20);4-6H2,1-3H3/t8-,9+,11+;/m0./s1. The van der Waals surface area contributed by atoms with Gasteiger partial charge in [0.1, 0.15) is 18.5 Å². The van der Waals surface area contributed by atoms with Gasteiger partial charge in [0, 0.05) is 25.2 Å². The lowest BCUT2D eigenvalue weighted by Gasteiger charge is -2.17. The number of aryl methyl sites for hydroxylation is 1. The third-order valence-corrected chi connectivity index (χ3v) is 7.87. The number of aromatic nitrogens is 2. The summed E-state index contributed by atoms with van der Waals surface area (Å²) in [6.07, 6.45) is -2.60. The molecular formula is C19H34FN4O7PS. The molecule has 3 N–H and O–H groups in total. The summed E-state index contributed by atoms with van der Waals surface area (Å²) < 4.78 is 37.2. The van der Waals surface area contributed by atoms with Gasteiger partial charge in [0.05, 0.1) is 12.4 Å². The Morgan fingerprint density at radius 3 is 2.52 bits per heavy atom. The van der Waals surface area contributed by atoms with Gasteiger partial charge in [-0.2, -0.15) is 0 Å². The van der Waals surface area contributed by atoms with Crippen LogP contribution in [0.1, 0.15) is 39.0 Å². The number of carbonyl (C=O) groups is 1. The van der Waals surface area contributed by atoms with Crippen LogP contribution < -0.4 is 16.6 Å². The van der Waals surface area contributed by atoms with E-state index in [2.05, 4.69) is 36.0 Å². The van der Waals surface area contributed by atoms with Gasteiger partial charge in [-0.05, 0) is 37.9 Å². The molecule has 11 nitrogen and oxygen atoms in total. The van der Waals surface area contributed by atoms with Crippen LogP contribution in [0.3, 0.4) is 0 Å². The van der Waals surface area contributed by atoms with Crippen molar-refractivity contribution < 1.29 is 27.9 Å². The second-order valence-electron chi connectivity index (χ2n) is 7.19. The molecule has 1 unspecified atom stereocenters. The summed E-state index contributed by atoms with van der Waals surface area (Å²) in [5.74, 6) is -0.745. The van der Waals surface area contributed by atoms with Crippen molar-refractivity contribution in [1.29, 1.82) is 0 Å². The summed E-state index contributed by atoms with van der Waals surface area (Å²) in [5.41, 5.74) is -1.03. The largest absolute Gasteiger partial charge is 0.387 e. The molecule has 1 aliphatic rings.